The zero-order chi connectivity index (χ0) is 12.3. The minimum atomic E-state index is -0.567. The van der Waals surface area contributed by atoms with E-state index in [1.54, 1.807) is 6.07 Å². The zero-order valence-corrected chi connectivity index (χ0v) is 11.2. The van der Waals surface area contributed by atoms with Gasteiger partial charge in [0, 0.05) is 6.20 Å². The molecular formula is C13H17Cl2NO. The molecule has 94 valence electrons. The van der Waals surface area contributed by atoms with Gasteiger partial charge in [-0.25, -0.2) is 0 Å². The third-order valence-corrected chi connectivity index (χ3v) is 3.94. The number of aliphatic hydroxyl groups excluding tert-OH is 1. The normalized spacial score (nSPS) is 19.2. The molecule has 0 aliphatic heterocycles. The van der Waals surface area contributed by atoms with E-state index in [2.05, 4.69) is 4.98 Å². The van der Waals surface area contributed by atoms with Crippen LogP contribution in [-0.2, 0) is 0 Å². The predicted octanol–water partition coefficient (Wildman–Crippen LogP) is 4.39. The first-order chi connectivity index (χ1) is 8.16. The topological polar surface area (TPSA) is 33.1 Å². The standard InChI is InChI=1S/C13H17Cl2NO/c14-10-7-11(15)13(16-8-10)12(17)6-9-4-2-1-3-5-9/h7-9,12,17H,1-6H2. The second-order valence-corrected chi connectivity index (χ2v) is 5.62. The molecule has 0 saturated heterocycles. The fourth-order valence-corrected chi connectivity index (χ4v) is 3.03. The molecule has 1 aromatic heterocycles. The SMILES string of the molecule is OC(CC1CCCCC1)c1ncc(Cl)cc1Cl. The van der Waals surface area contributed by atoms with Crippen molar-refractivity contribution in [1.82, 2.24) is 4.98 Å². The number of rotatable bonds is 3. The van der Waals surface area contributed by atoms with Gasteiger partial charge in [-0.05, 0) is 18.4 Å². The van der Waals surface area contributed by atoms with Crippen molar-refractivity contribution < 1.29 is 5.11 Å². The van der Waals surface area contributed by atoms with Gasteiger partial charge in [0.05, 0.1) is 21.8 Å². The molecule has 1 saturated carbocycles. The van der Waals surface area contributed by atoms with E-state index in [9.17, 15) is 5.11 Å². The predicted molar refractivity (Wildman–Crippen MR) is 70.4 cm³/mol. The molecule has 17 heavy (non-hydrogen) atoms. The van der Waals surface area contributed by atoms with E-state index in [1.807, 2.05) is 0 Å². The second kappa shape index (κ2) is 6.03. The van der Waals surface area contributed by atoms with Gasteiger partial charge < -0.3 is 5.11 Å². The van der Waals surface area contributed by atoms with Crippen LogP contribution in [0.3, 0.4) is 0 Å². The molecule has 4 heteroatoms. The maximum atomic E-state index is 10.2. The van der Waals surface area contributed by atoms with E-state index in [4.69, 9.17) is 23.2 Å². The van der Waals surface area contributed by atoms with E-state index in [-0.39, 0.29) is 0 Å². The monoisotopic (exact) mass is 273 g/mol. The lowest BCUT2D eigenvalue weighted by Gasteiger charge is -2.24. The van der Waals surface area contributed by atoms with Crippen LogP contribution in [0.1, 0.15) is 50.3 Å². The summed E-state index contributed by atoms with van der Waals surface area (Å²) in [6, 6.07) is 1.63. The molecule has 1 aromatic rings. The molecule has 0 aromatic carbocycles. The fraction of sp³-hybridized carbons (Fsp3) is 0.615. The molecular weight excluding hydrogens is 257 g/mol. The number of halogens is 2. The molecule has 0 amide bonds. The number of nitrogens with zero attached hydrogens (tertiary/aromatic N) is 1. The maximum absolute atomic E-state index is 10.2. The van der Waals surface area contributed by atoms with Crippen molar-refractivity contribution in [3.05, 3.63) is 28.0 Å². The minimum Gasteiger partial charge on any atom is -0.387 e. The Kier molecular flexibility index (Phi) is 4.66. The first-order valence-electron chi connectivity index (χ1n) is 6.16. The molecule has 0 radical (unpaired) electrons. The Morgan fingerprint density at radius 3 is 2.65 bits per heavy atom. The molecule has 1 fully saturated rings. The van der Waals surface area contributed by atoms with Crippen LogP contribution in [0.4, 0.5) is 0 Å². The summed E-state index contributed by atoms with van der Waals surface area (Å²) in [5.41, 5.74) is 0.557. The third kappa shape index (κ3) is 3.57. The van der Waals surface area contributed by atoms with Gasteiger partial charge >= 0.3 is 0 Å². The van der Waals surface area contributed by atoms with Crippen LogP contribution in [0.25, 0.3) is 0 Å². The Labute approximate surface area is 112 Å². The van der Waals surface area contributed by atoms with Crippen LogP contribution in [-0.4, -0.2) is 10.1 Å². The summed E-state index contributed by atoms with van der Waals surface area (Å²) in [7, 11) is 0. The maximum Gasteiger partial charge on any atom is 0.0977 e. The molecule has 2 rings (SSSR count). The Bertz CT molecular complexity index is 378. The van der Waals surface area contributed by atoms with Crippen LogP contribution >= 0.6 is 23.2 Å². The van der Waals surface area contributed by atoms with E-state index < -0.39 is 6.10 Å². The van der Waals surface area contributed by atoms with E-state index in [1.165, 1.54) is 38.3 Å². The zero-order valence-electron chi connectivity index (χ0n) is 9.70. The van der Waals surface area contributed by atoms with Gasteiger partial charge in [-0.3, -0.25) is 4.98 Å². The molecule has 1 atom stereocenters. The van der Waals surface area contributed by atoms with E-state index in [0.29, 0.717) is 21.7 Å². The molecule has 1 heterocycles. The first-order valence-corrected chi connectivity index (χ1v) is 6.91. The Balaban J connectivity index is 2.00. The van der Waals surface area contributed by atoms with Gasteiger partial charge in [0.15, 0.2) is 0 Å². The number of hydrogen-bond donors (Lipinski definition) is 1. The Morgan fingerprint density at radius 1 is 1.29 bits per heavy atom. The average Bonchev–Trinajstić information content (AvgIpc) is 2.30. The molecule has 0 bridgehead atoms. The lowest BCUT2D eigenvalue weighted by atomic mass is 9.85. The highest BCUT2D eigenvalue weighted by Crippen LogP contribution is 2.33. The molecule has 2 nitrogen and oxygen atoms in total. The number of aromatic nitrogens is 1. The summed E-state index contributed by atoms with van der Waals surface area (Å²) in [5.74, 6) is 0.604. The lowest BCUT2D eigenvalue weighted by Crippen LogP contribution is -2.12. The van der Waals surface area contributed by atoms with Crippen LogP contribution in [0.5, 0.6) is 0 Å². The summed E-state index contributed by atoms with van der Waals surface area (Å²) >= 11 is 11.8. The highest BCUT2D eigenvalue weighted by atomic mass is 35.5. The van der Waals surface area contributed by atoms with Crippen LogP contribution in [0.15, 0.2) is 12.3 Å². The fourth-order valence-electron chi connectivity index (χ4n) is 2.52. The summed E-state index contributed by atoms with van der Waals surface area (Å²) < 4.78 is 0. The molecule has 1 N–H and O–H groups in total. The van der Waals surface area contributed by atoms with Crippen molar-refractivity contribution in [2.24, 2.45) is 5.92 Å². The first kappa shape index (κ1) is 13.1. The summed E-state index contributed by atoms with van der Waals surface area (Å²) in [5, 5.41) is 11.1. The second-order valence-electron chi connectivity index (χ2n) is 4.78. The van der Waals surface area contributed by atoms with Gasteiger partial charge in [-0.15, -0.1) is 0 Å². The van der Waals surface area contributed by atoms with E-state index in [0.717, 1.165) is 6.42 Å². The quantitative estimate of drug-likeness (QED) is 0.886. The smallest absolute Gasteiger partial charge is 0.0977 e. The van der Waals surface area contributed by atoms with Gasteiger partial charge in [0.25, 0.3) is 0 Å². The molecule has 0 spiro atoms. The molecule has 1 aliphatic carbocycles. The van der Waals surface area contributed by atoms with Gasteiger partial charge in [0.2, 0.25) is 0 Å². The van der Waals surface area contributed by atoms with Crippen molar-refractivity contribution in [1.29, 1.82) is 0 Å². The summed E-state index contributed by atoms with van der Waals surface area (Å²) in [6.45, 7) is 0. The Morgan fingerprint density at radius 2 is 2.00 bits per heavy atom. The Hall–Kier alpha value is -0.310. The molecule has 1 aliphatic rings. The van der Waals surface area contributed by atoms with Crippen molar-refractivity contribution in [3.63, 3.8) is 0 Å². The summed E-state index contributed by atoms with van der Waals surface area (Å²) in [6.07, 6.45) is 8.03. The largest absolute Gasteiger partial charge is 0.387 e. The highest BCUT2D eigenvalue weighted by molar-refractivity contribution is 6.34. The lowest BCUT2D eigenvalue weighted by molar-refractivity contribution is 0.127. The number of hydrogen-bond acceptors (Lipinski definition) is 2. The van der Waals surface area contributed by atoms with Crippen LogP contribution in [0, 0.1) is 5.92 Å². The molecule has 1 unspecified atom stereocenters. The van der Waals surface area contributed by atoms with Crippen LogP contribution in [0.2, 0.25) is 10.0 Å². The average molecular weight is 274 g/mol. The summed E-state index contributed by atoms with van der Waals surface area (Å²) in [4.78, 5) is 4.13. The minimum absolute atomic E-state index is 0.459. The van der Waals surface area contributed by atoms with Crippen molar-refractivity contribution >= 4 is 23.2 Å². The van der Waals surface area contributed by atoms with Crippen molar-refractivity contribution in [2.75, 3.05) is 0 Å². The third-order valence-electron chi connectivity index (χ3n) is 3.43. The highest BCUT2D eigenvalue weighted by Gasteiger charge is 2.21. The number of pyridine rings is 1. The van der Waals surface area contributed by atoms with E-state index >= 15 is 0 Å². The van der Waals surface area contributed by atoms with Crippen LogP contribution < -0.4 is 0 Å². The van der Waals surface area contributed by atoms with Crippen molar-refractivity contribution in [3.8, 4) is 0 Å². The van der Waals surface area contributed by atoms with Crippen molar-refractivity contribution in [2.45, 2.75) is 44.6 Å². The van der Waals surface area contributed by atoms with Gasteiger partial charge in [-0.1, -0.05) is 55.3 Å². The van der Waals surface area contributed by atoms with Gasteiger partial charge in [-0.2, -0.15) is 0 Å². The number of aliphatic hydroxyl groups is 1. The van der Waals surface area contributed by atoms with Gasteiger partial charge in [0.1, 0.15) is 0 Å².